The summed E-state index contributed by atoms with van der Waals surface area (Å²) in [5.41, 5.74) is 0.764. The van der Waals surface area contributed by atoms with Crippen LogP contribution in [0.5, 0.6) is 0 Å². The van der Waals surface area contributed by atoms with Crippen LogP contribution in [0.4, 0.5) is 15.9 Å². The molecule has 2 N–H and O–H groups in total. The molecule has 5 nitrogen and oxygen atoms in total. The number of carbonyl (C=O) groups excluding carboxylic acids is 1. The van der Waals surface area contributed by atoms with Crippen molar-refractivity contribution >= 4 is 29.0 Å². The number of nitrogens with one attached hydrogen (secondary N) is 2. The molecule has 0 aliphatic carbocycles. The number of carbonyl (C=O) groups is 1. The van der Waals surface area contributed by atoms with Crippen molar-refractivity contribution in [2.45, 2.75) is 0 Å². The number of halogens is 2. The van der Waals surface area contributed by atoms with Crippen LogP contribution in [0.1, 0.15) is 10.5 Å². The summed E-state index contributed by atoms with van der Waals surface area (Å²) in [7, 11) is 0. The minimum atomic E-state index is -0.505. The first-order valence-corrected chi connectivity index (χ1v) is 6.41. The minimum Gasteiger partial charge on any atom is -0.347 e. The van der Waals surface area contributed by atoms with Gasteiger partial charge in [0.05, 0.1) is 5.02 Å². The van der Waals surface area contributed by atoms with Gasteiger partial charge in [-0.3, -0.25) is 4.79 Å². The van der Waals surface area contributed by atoms with Gasteiger partial charge in [0.15, 0.2) is 0 Å². The minimum absolute atomic E-state index is 0.00185. The molecule has 2 rings (SSSR count). The van der Waals surface area contributed by atoms with Crippen molar-refractivity contribution in [1.82, 2.24) is 15.3 Å². The van der Waals surface area contributed by atoms with E-state index in [0.717, 1.165) is 0 Å². The van der Waals surface area contributed by atoms with Gasteiger partial charge in [0.1, 0.15) is 23.7 Å². The Hall–Kier alpha value is -2.47. The van der Waals surface area contributed by atoms with Gasteiger partial charge in [0.2, 0.25) is 0 Å². The Morgan fingerprint density at radius 1 is 1.38 bits per heavy atom. The standard InChI is InChI=1S/C14H12ClFN4O/c1-2-5-17-14(21)12-7-13(19-8-18-12)20-9-3-4-11(16)10(15)6-9/h2-4,6-8H,1,5H2,(H,17,21)(H,18,19,20). The number of anilines is 2. The van der Waals surface area contributed by atoms with Crippen LogP contribution in [0, 0.1) is 5.82 Å². The van der Waals surface area contributed by atoms with E-state index in [1.807, 2.05) is 0 Å². The zero-order valence-corrected chi connectivity index (χ0v) is 11.7. The van der Waals surface area contributed by atoms with Gasteiger partial charge in [-0.25, -0.2) is 14.4 Å². The van der Waals surface area contributed by atoms with E-state index in [4.69, 9.17) is 11.6 Å². The summed E-state index contributed by atoms with van der Waals surface area (Å²) in [5, 5.41) is 5.53. The van der Waals surface area contributed by atoms with Crippen molar-refractivity contribution in [2.24, 2.45) is 0 Å². The van der Waals surface area contributed by atoms with Crippen molar-refractivity contribution in [3.8, 4) is 0 Å². The second-order valence-electron chi connectivity index (χ2n) is 4.04. The average molecular weight is 307 g/mol. The maximum absolute atomic E-state index is 13.1. The highest BCUT2D eigenvalue weighted by Crippen LogP contribution is 2.21. The Bertz CT molecular complexity index is 678. The summed E-state index contributed by atoms with van der Waals surface area (Å²) >= 11 is 5.70. The first-order valence-electron chi connectivity index (χ1n) is 6.03. The smallest absolute Gasteiger partial charge is 0.270 e. The average Bonchev–Trinajstić information content (AvgIpc) is 2.49. The van der Waals surface area contributed by atoms with Crippen molar-refractivity contribution in [1.29, 1.82) is 0 Å². The summed E-state index contributed by atoms with van der Waals surface area (Å²) < 4.78 is 13.1. The molecule has 0 atom stereocenters. The molecule has 0 bridgehead atoms. The van der Waals surface area contributed by atoms with E-state index in [0.29, 0.717) is 18.1 Å². The number of amides is 1. The molecule has 0 radical (unpaired) electrons. The fraction of sp³-hybridized carbons (Fsp3) is 0.0714. The zero-order chi connectivity index (χ0) is 15.2. The van der Waals surface area contributed by atoms with Crippen LogP contribution in [-0.4, -0.2) is 22.4 Å². The van der Waals surface area contributed by atoms with Crippen LogP contribution in [0.15, 0.2) is 43.2 Å². The van der Waals surface area contributed by atoms with Crippen LogP contribution in [-0.2, 0) is 0 Å². The lowest BCUT2D eigenvalue weighted by atomic mass is 10.3. The van der Waals surface area contributed by atoms with Gasteiger partial charge in [0.25, 0.3) is 5.91 Å². The summed E-state index contributed by atoms with van der Waals surface area (Å²) in [5.74, 6) is -0.441. The molecule has 108 valence electrons. The van der Waals surface area contributed by atoms with E-state index in [-0.39, 0.29) is 16.6 Å². The Morgan fingerprint density at radius 3 is 2.90 bits per heavy atom. The number of hydrogen-bond acceptors (Lipinski definition) is 4. The molecule has 0 aliphatic rings. The fourth-order valence-corrected chi connectivity index (χ4v) is 1.71. The third kappa shape index (κ3) is 4.00. The van der Waals surface area contributed by atoms with Gasteiger partial charge in [0, 0.05) is 18.3 Å². The number of rotatable bonds is 5. The summed E-state index contributed by atoms with van der Waals surface area (Å²) in [6.45, 7) is 3.86. The number of aromatic nitrogens is 2. The van der Waals surface area contributed by atoms with Gasteiger partial charge in [-0.15, -0.1) is 6.58 Å². The predicted molar refractivity (Wildman–Crippen MR) is 79.3 cm³/mol. The zero-order valence-electron chi connectivity index (χ0n) is 10.9. The molecular formula is C14H12ClFN4O. The lowest BCUT2D eigenvalue weighted by molar-refractivity contribution is 0.0953. The molecule has 1 aromatic carbocycles. The number of benzene rings is 1. The molecule has 0 saturated heterocycles. The quantitative estimate of drug-likeness (QED) is 0.834. The molecule has 0 fully saturated rings. The Labute approximate surface area is 125 Å². The Morgan fingerprint density at radius 2 is 2.19 bits per heavy atom. The lowest BCUT2D eigenvalue weighted by Gasteiger charge is -2.07. The second kappa shape index (κ2) is 6.81. The van der Waals surface area contributed by atoms with Crippen LogP contribution in [0.3, 0.4) is 0 Å². The molecule has 21 heavy (non-hydrogen) atoms. The molecule has 7 heteroatoms. The predicted octanol–water partition coefficient (Wildman–Crippen LogP) is 2.93. The van der Waals surface area contributed by atoms with Crippen LogP contribution in [0.2, 0.25) is 5.02 Å². The summed E-state index contributed by atoms with van der Waals surface area (Å²) in [6.07, 6.45) is 2.83. The third-order valence-corrected chi connectivity index (χ3v) is 2.79. The number of nitrogens with zero attached hydrogens (tertiary/aromatic N) is 2. The van der Waals surface area contributed by atoms with Crippen LogP contribution < -0.4 is 10.6 Å². The van der Waals surface area contributed by atoms with Gasteiger partial charge in [-0.1, -0.05) is 17.7 Å². The maximum Gasteiger partial charge on any atom is 0.270 e. The van der Waals surface area contributed by atoms with Crippen LogP contribution in [0.25, 0.3) is 0 Å². The molecule has 0 unspecified atom stereocenters. The first kappa shape index (κ1) is 14.9. The van der Waals surface area contributed by atoms with Crippen molar-refractivity contribution in [3.63, 3.8) is 0 Å². The van der Waals surface area contributed by atoms with Crippen molar-refractivity contribution in [3.05, 3.63) is 59.8 Å². The molecule has 1 aromatic heterocycles. The Balaban J connectivity index is 2.15. The van der Waals surface area contributed by atoms with E-state index in [1.165, 1.54) is 30.6 Å². The highest BCUT2D eigenvalue weighted by Gasteiger charge is 2.08. The Kier molecular flexibility index (Phi) is 4.84. The molecular weight excluding hydrogens is 295 g/mol. The first-order chi connectivity index (χ1) is 10.1. The lowest BCUT2D eigenvalue weighted by Crippen LogP contribution is -2.24. The molecule has 1 heterocycles. The normalized spacial score (nSPS) is 10.0. The monoisotopic (exact) mass is 306 g/mol. The van der Waals surface area contributed by atoms with Gasteiger partial charge in [-0.2, -0.15) is 0 Å². The topological polar surface area (TPSA) is 66.9 Å². The van der Waals surface area contributed by atoms with Gasteiger partial charge in [-0.05, 0) is 18.2 Å². The molecule has 1 amide bonds. The molecule has 2 aromatic rings. The second-order valence-corrected chi connectivity index (χ2v) is 4.45. The summed E-state index contributed by atoms with van der Waals surface area (Å²) in [4.78, 5) is 19.6. The van der Waals surface area contributed by atoms with Crippen LogP contribution >= 0.6 is 11.6 Å². The molecule has 0 saturated carbocycles. The maximum atomic E-state index is 13.1. The number of hydrogen-bond donors (Lipinski definition) is 2. The van der Waals surface area contributed by atoms with E-state index >= 15 is 0 Å². The highest BCUT2D eigenvalue weighted by atomic mass is 35.5. The van der Waals surface area contributed by atoms with Crippen molar-refractivity contribution in [2.75, 3.05) is 11.9 Å². The molecule has 0 spiro atoms. The van der Waals surface area contributed by atoms with Crippen molar-refractivity contribution < 1.29 is 9.18 Å². The fourth-order valence-electron chi connectivity index (χ4n) is 1.53. The van der Waals surface area contributed by atoms with E-state index in [1.54, 1.807) is 6.08 Å². The van der Waals surface area contributed by atoms with Gasteiger partial charge < -0.3 is 10.6 Å². The highest BCUT2D eigenvalue weighted by molar-refractivity contribution is 6.31. The van der Waals surface area contributed by atoms with E-state index < -0.39 is 5.82 Å². The van der Waals surface area contributed by atoms with Gasteiger partial charge >= 0.3 is 0 Å². The largest absolute Gasteiger partial charge is 0.347 e. The summed E-state index contributed by atoms with van der Waals surface area (Å²) in [6, 6.07) is 5.66. The van der Waals surface area contributed by atoms with E-state index in [9.17, 15) is 9.18 Å². The third-order valence-electron chi connectivity index (χ3n) is 2.50. The molecule has 0 aliphatic heterocycles. The SMILES string of the molecule is C=CCNC(=O)c1cc(Nc2ccc(F)c(Cl)c2)ncn1. The van der Waals surface area contributed by atoms with E-state index in [2.05, 4.69) is 27.2 Å².